The molecule has 0 saturated carbocycles. The van der Waals surface area contributed by atoms with E-state index < -0.39 is 0 Å². The Morgan fingerprint density at radius 3 is 3.27 bits per heavy atom. The summed E-state index contributed by atoms with van der Waals surface area (Å²) in [6, 6.07) is 5.73. The molecule has 0 fully saturated rings. The van der Waals surface area contributed by atoms with Crippen LogP contribution in [0.15, 0.2) is 30.6 Å². The van der Waals surface area contributed by atoms with Gasteiger partial charge in [-0.05, 0) is 19.1 Å². The number of nitrogens with zero attached hydrogens (tertiary/aromatic N) is 2. The van der Waals surface area contributed by atoms with Gasteiger partial charge in [0.25, 0.3) is 0 Å². The van der Waals surface area contributed by atoms with E-state index in [1.807, 2.05) is 25.1 Å². The molecule has 0 amide bonds. The molecule has 11 heavy (non-hydrogen) atoms. The molecule has 2 rings (SSSR count). The van der Waals surface area contributed by atoms with Crippen LogP contribution in [-0.2, 0) is 0 Å². The van der Waals surface area contributed by atoms with Gasteiger partial charge in [-0.25, -0.2) is 0 Å². The molecule has 0 saturated heterocycles. The average Bonchev–Trinajstić information content (AvgIpc) is 2.04. The van der Waals surface area contributed by atoms with Crippen LogP contribution in [0.25, 0.3) is 10.9 Å². The van der Waals surface area contributed by atoms with E-state index in [9.17, 15) is 0 Å². The van der Waals surface area contributed by atoms with E-state index in [4.69, 9.17) is 1.37 Å². The van der Waals surface area contributed by atoms with Crippen molar-refractivity contribution in [3.05, 3.63) is 36.3 Å². The Balaban J connectivity index is 2.89. The highest BCUT2D eigenvalue weighted by Crippen LogP contribution is 2.09. The number of pyridine rings is 2. The van der Waals surface area contributed by atoms with E-state index in [0.717, 1.165) is 11.1 Å². The van der Waals surface area contributed by atoms with Crippen molar-refractivity contribution in [3.8, 4) is 0 Å². The normalized spacial score (nSPS) is 11.5. The number of aryl methyl sites for hydroxylation is 1. The molecule has 2 aromatic rings. The monoisotopic (exact) mass is 145 g/mol. The standard InChI is InChI=1S/C9H8N2/c1-7-5-8-3-2-4-10-9(8)6-11-7/h2-6H,1H3/i6D. The van der Waals surface area contributed by atoms with Crippen LogP contribution in [0.1, 0.15) is 7.06 Å². The lowest BCUT2D eigenvalue weighted by atomic mass is 10.2. The van der Waals surface area contributed by atoms with Gasteiger partial charge in [0.1, 0.15) is 0 Å². The second kappa shape index (κ2) is 2.31. The van der Waals surface area contributed by atoms with Gasteiger partial charge in [-0.15, -0.1) is 0 Å². The highest BCUT2D eigenvalue weighted by molar-refractivity contribution is 5.77. The average molecular weight is 145 g/mol. The molecule has 0 N–H and O–H groups in total. The first kappa shape index (κ1) is 5.24. The molecule has 0 atom stereocenters. The van der Waals surface area contributed by atoms with Gasteiger partial charge < -0.3 is 0 Å². The van der Waals surface area contributed by atoms with Crippen LogP contribution in [0, 0.1) is 6.92 Å². The summed E-state index contributed by atoms with van der Waals surface area (Å²) in [5.74, 6) is 0. The van der Waals surface area contributed by atoms with E-state index in [1.165, 1.54) is 0 Å². The van der Waals surface area contributed by atoms with Crippen LogP contribution in [-0.4, -0.2) is 9.97 Å². The largest absolute Gasteiger partial charge is 0.259 e. The summed E-state index contributed by atoms with van der Waals surface area (Å²) in [6.07, 6.45) is 1.93. The van der Waals surface area contributed by atoms with Crippen molar-refractivity contribution < 1.29 is 1.37 Å². The summed E-state index contributed by atoms with van der Waals surface area (Å²) in [7, 11) is 0. The molecule has 0 radical (unpaired) electrons. The zero-order valence-corrected chi connectivity index (χ0v) is 6.20. The third kappa shape index (κ3) is 1.07. The maximum absolute atomic E-state index is 7.53. The van der Waals surface area contributed by atoms with Crippen LogP contribution in [0.3, 0.4) is 0 Å². The lowest BCUT2D eigenvalue weighted by Crippen LogP contribution is -1.82. The summed E-state index contributed by atoms with van der Waals surface area (Å²) in [5.41, 5.74) is 1.53. The van der Waals surface area contributed by atoms with Crippen LogP contribution < -0.4 is 0 Å². The van der Waals surface area contributed by atoms with E-state index in [1.54, 1.807) is 6.20 Å². The molecule has 2 nitrogen and oxygen atoms in total. The lowest BCUT2D eigenvalue weighted by Gasteiger charge is -1.95. The Morgan fingerprint density at radius 1 is 1.45 bits per heavy atom. The van der Waals surface area contributed by atoms with Gasteiger partial charge in [0, 0.05) is 17.3 Å². The second-order valence-corrected chi connectivity index (χ2v) is 2.45. The van der Waals surface area contributed by atoms with Gasteiger partial charge in [0.05, 0.1) is 13.1 Å². The van der Waals surface area contributed by atoms with E-state index in [0.29, 0.717) is 5.52 Å². The maximum atomic E-state index is 7.53. The number of aromatic nitrogens is 2. The Morgan fingerprint density at radius 2 is 2.36 bits per heavy atom. The van der Waals surface area contributed by atoms with Crippen LogP contribution in [0.2, 0.25) is 0 Å². The number of hydrogen-bond acceptors (Lipinski definition) is 2. The molecule has 0 spiro atoms. The predicted octanol–water partition coefficient (Wildman–Crippen LogP) is 1.94. The first-order valence-corrected chi connectivity index (χ1v) is 3.46. The second-order valence-electron chi connectivity index (χ2n) is 2.45. The van der Waals surface area contributed by atoms with Gasteiger partial charge in [0.2, 0.25) is 0 Å². The summed E-state index contributed by atoms with van der Waals surface area (Å²) < 4.78 is 7.53. The molecule has 0 bridgehead atoms. The van der Waals surface area contributed by atoms with E-state index >= 15 is 0 Å². The molecule has 0 unspecified atom stereocenters. The topological polar surface area (TPSA) is 25.8 Å². The Hall–Kier alpha value is -1.44. The molecule has 2 heterocycles. The molecular weight excluding hydrogens is 136 g/mol. The fourth-order valence-corrected chi connectivity index (χ4v) is 1.03. The highest BCUT2D eigenvalue weighted by Gasteiger charge is 1.92. The van der Waals surface area contributed by atoms with Crippen molar-refractivity contribution in [1.82, 2.24) is 9.97 Å². The van der Waals surface area contributed by atoms with Crippen LogP contribution in [0.4, 0.5) is 0 Å². The Kier molecular flexibility index (Phi) is 1.10. The zero-order valence-electron chi connectivity index (χ0n) is 7.20. The molecule has 54 valence electrons. The number of rotatable bonds is 0. The summed E-state index contributed by atoms with van der Waals surface area (Å²) in [6.45, 7) is 1.88. The van der Waals surface area contributed by atoms with Crippen LogP contribution >= 0.6 is 0 Å². The first-order chi connectivity index (χ1) is 5.77. The molecular formula is C9H8N2. The minimum absolute atomic E-state index is 0.255. The Bertz CT molecular complexity index is 426. The van der Waals surface area contributed by atoms with E-state index in [2.05, 4.69) is 9.97 Å². The number of hydrogen-bond donors (Lipinski definition) is 0. The van der Waals surface area contributed by atoms with Crippen molar-refractivity contribution in [2.24, 2.45) is 0 Å². The summed E-state index contributed by atoms with van der Waals surface area (Å²) in [4.78, 5) is 8.08. The highest BCUT2D eigenvalue weighted by atomic mass is 14.7. The smallest absolute Gasteiger partial charge is 0.0885 e. The quantitative estimate of drug-likeness (QED) is 0.566. The lowest BCUT2D eigenvalue weighted by molar-refractivity contribution is 1.21. The van der Waals surface area contributed by atoms with Gasteiger partial charge in [-0.1, -0.05) is 6.07 Å². The number of fused-ring (bicyclic) bond motifs is 1. The van der Waals surface area contributed by atoms with Crippen molar-refractivity contribution in [1.29, 1.82) is 0 Å². The van der Waals surface area contributed by atoms with Gasteiger partial charge in [-0.2, -0.15) is 0 Å². The molecule has 2 aromatic heterocycles. The fourth-order valence-electron chi connectivity index (χ4n) is 1.03. The Labute approximate surface area is 66.3 Å². The third-order valence-electron chi connectivity index (χ3n) is 1.54. The molecule has 0 aromatic carbocycles. The SMILES string of the molecule is [2H]c1nc(C)cc2cccnc12. The van der Waals surface area contributed by atoms with Crippen molar-refractivity contribution >= 4 is 10.9 Å². The predicted molar refractivity (Wildman–Crippen MR) is 44.3 cm³/mol. The minimum atomic E-state index is 0.255. The fraction of sp³-hybridized carbons (Fsp3) is 0.111. The van der Waals surface area contributed by atoms with Crippen molar-refractivity contribution in [3.63, 3.8) is 0 Å². The molecule has 2 heteroatoms. The summed E-state index contributed by atoms with van der Waals surface area (Å²) in [5, 5.41) is 0.981. The van der Waals surface area contributed by atoms with Gasteiger partial charge in [0.15, 0.2) is 0 Å². The van der Waals surface area contributed by atoms with Crippen molar-refractivity contribution in [2.75, 3.05) is 0 Å². The molecule has 0 aliphatic heterocycles. The van der Waals surface area contributed by atoms with Crippen LogP contribution in [0.5, 0.6) is 0 Å². The summed E-state index contributed by atoms with van der Waals surface area (Å²) >= 11 is 0. The van der Waals surface area contributed by atoms with Gasteiger partial charge >= 0.3 is 0 Å². The van der Waals surface area contributed by atoms with E-state index in [-0.39, 0.29) is 6.17 Å². The molecule has 0 aliphatic rings. The third-order valence-corrected chi connectivity index (χ3v) is 1.54. The van der Waals surface area contributed by atoms with Crippen molar-refractivity contribution in [2.45, 2.75) is 6.92 Å². The zero-order chi connectivity index (χ0) is 8.55. The molecule has 0 aliphatic carbocycles. The minimum Gasteiger partial charge on any atom is -0.259 e. The van der Waals surface area contributed by atoms with Gasteiger partial charge in [-0.3, -0.25) is 9.97 Å². The maximum Gasteiger partial charge on any atom is 0.0885 e. The first-order valence-electron chi connectivity index (χ1n) is 3.96.